The van der Waals surface area contributed by atoms with Gasteiger partial charge in [0.15, 0.2) is 0 Å². The van der Waals surface area contributed by atoms with E-state index in [1.807, 2.05) is 6.92 Å². The zero-order valence-corrected chi connectivity index (χ0v) is 13.8. The van der Waals surface area contributed by atoms with Crippen LogP contribution in [0.4, 0.5) is 0 Å². The molecule has 1 amide bonds. The van der Waals surface area contributed by atoms with Crippen molar-refractivity contribution in [2.75, 3.05) is 26.2 Å². The third-order valence-electron chi connectivity index (χ3n) is 4.70. The number of aliphatic hydroxyl groups excluding tert-OH is 1. The molecule has 0 saturated carbocycles. The highest BCUT2D eigenvalue weighted by Gasteiger charge is 2.32. The summed E-state index contributed by atoms with van der Waals surface area (Å²) in [5.41, 5.74) is 0. The molecule has 0 aromatic carbocycles. The van der Waals surface area contributed by atoms with Gasteiger partial charge in [0.25, 0.3) is 0 Å². The molecule has 0 radical (unpaired) electrons. The van der Waals surface area contributed by atoms with Gasteiger partial charge in [-0.05, 0) is 45.2 Å². The maximum atomic E-state index is 12.1. The zero-order valence-electron chi connectivity index (χ0n) is 13.8. The quantitative estimate of drug-likeness (QED) is 0.667. The monoisotopic (exact) mass is 309 g/mol. The van der Waals surface area contributed by atoms with Gasteiger partial charge in [0.05, 0.1) is 12.1 Å². The van der Waals surface area contributed by atoms with Crippen molar-refractivity contribution in [1.29, 1.82) is 0 Å². The zero-order chi connectivity index (χ0) is 15.8. The maximum absolute atomic E-state index is 12.1. The Hall–Kier alpha value is -0.910. The molecular weight excluding hydrogens is 278 g/mol. The second-order valence-corrected chi connectivity index (χ2v) is 6.39. The van der Waals surface area contributed by atoms with E-state index in [9.17, 15) is 9.90 Å². The van der Waals surface area contributed by atoms with Crippen molar-refractivity contribution in [1.82, 2.24) is 15.5 Å². The number of rotatable bonds is 2. The molecule has 0 spiro atoms. The average Bonchev–Trinajstić information content (AvgIpc) is 2.54. The molecule has 2 aliphatic rings. The molecule has 2 aliphatic heterocycles. The van der Waals surface area contributed by atoms with E-state index in [0.29, 0.717) is 6.42 Å². The van der Waals surface area contributed by atoms with Gasteiger partial charge >= 0.3 is 0 Å². The van der Waals surface area contributed by atoms with Gasteiger partial charge < -0.3 is 15.7 Å². The fraction of sp³-hybridized carbons (Fsp3) is 0.824. The molecule has 3 N–H and O–H groups in total. The third kappa shape index (κ3) is 5.07. The van der Waals surface area contributed by atoms with Gasteiger partial charge in [0.1, 0.15) is 0 Å². The Morgan fingerprint density at radius 2 is 2.09 bits per heavy atom. The first-order valence-electron chi connectivity index (χ1n) is 8.80. The van der Waals surface area contributed by atoms with E-state index in [1.54, 1.807) is 0 Å². The lowest BCUT2D eigenvalue weighted by molar-refractivity contribution is -0.122. The molecule has 126 valence electrons. The molecule has 1 saturated heterocycles. The normalized spacial score (nSPS) is 30.4. The Balaban J connectivity index is 2.06. The van der Waals surface area contributed by atoms with Crippen LogP contribution in [0, 0.1) is 0 Å². The van der Waals surface area contributed by atoms with Crippen molar-refractivity contribution in [3.63, 3.8) is 0 Å². The van der Waals surface area contributed by atoms with E-state index in [-0.39, 0.29) is 24.1 Å². The van der Waals surface area contributed by atoms with Crippen LogP contribution < -0.4 is 10.6 Å². The maximum Gasteiger partial charge on any atom is 0.221 e. The number of carbonyl (C=O) groups is 1. The minimum absolute atomic E-state index is 0.0432. The fourth-order valence-corrected chi connectivity index (χ4v) is 3.39. The minimum atomic E-state index is -0.356. The Kier molecular flexibility index (Phi) is 7.36. The van der Waals surface area contributed by atoms with Crippen LogP contribution in [-0.2, 0) is 4.79 Å². The van der Waals surface area contributed by atoms with Gasteiger partial charge in [-0.3, -0.25) is 9.69 Å². The van der Waals surface area contributed by atoms with Gasteiger partial charge in [-0.15, -0.1) is 0 Å². The largest absolute Gasteiger partial charge is 0.391 e. The van der Waals surface area contributed by atoms with Crippen LogP contribution in [0.5, 0.6) is 0 Å². The third-order valence-corrected chi connectivity index (χ3v) is 4.70. The second-order valence-electron chi connectivity index (χ2n) is 6.39. The summed E-state index contributed by atoms with van der Waals surface area (Å²) in [4.78, 5) is 14.5. The summed E-state index contributed by atoms with van der Waals surface area (Å²) in [7, 11) is 0. The van der Waals surface area contributed by atoms with Crippen molar-refractivity contribution in [2.45, 2.75) is 63.6 Å². The number of nitrogens with one attached hydrogen (secondary N) is 2. The summed E-state index contributed by atoms with van der Waals surface area (Å²) in [6.07, 6.45) is 9.25. The molecule has 0 bridgehead atoms. The molecule has 3 atom stereocenters. The first-order chi connectivity index (χ1) is 10.7. The lowest BCUT2D eigenvalue weighted by atomic mass is 9.95. The average molecular weight is 309 g/mol. The number of aliphatic hydroxyl groups is 1. The Bertz CT molecular complexity index is 373. The van der Waals surface area contributed by atoms with E-state index in [4.69, 9.17) is 0 Å². The molecule has 3 unspecified atom stereocenters. The smallest absolute Gasteiger partial charge is 0.221 e. The lowest BCUT2D eigenvalue weighted by Gasteiger charge is -2.41. The molecule has 0 aromatic heterocycles. The van der Waals surface area contributed by atoms with E-state index >= 15 is 0 Å². The summed E-state index contributed by atoms with van der Waals surface area (Å²) in [5.74, 6) is 0.141. The van der Waals surface area contributed by atoms with Crippen LogP contribution in [0.3, 0.4) is 0 Å². The summed E-state index contributed by atoms with van der Waals surface area (Å²) < 4.78 is 0. The molecule has 5 heteroatoms. The summed E-state index contributed by atoms with van der Waals surface area (Å²) >= 11 is 0. The first-order valence-corrected chi connectivity index (χ1v) is 8.80. The van der Waals surface area contributed by atoms with Crippen molar-refractivity contribution in [2.24, 2.45) is 0 Å². The van der Waals surface area contributed by atoms with Gasteiger partial charge in [0.2, 0.25) is 5.91 Å². The van der Waals surface area contributed by atoms with Crippen LogP contribution in [0.1, 0.15) is 45.4 Å². The predicted molar refractivity (Wildman–Crippen MR) is 88.7 cm³/mol. The minimum Gasteiger partial charge on any atom is -0.391 e. The molecule has 1 fully saturated rings. The molecule has 5 nitrogen and oxygen atoms in total. The second kappa shape index (κ2) is 9.28. The van der Waals surface area contributed by atoms with E-state index in [1.165, 1.54) is 0 Å². The Morgan fingerprint density at radius 3 is 2.91 bits per heavy atom. The van der Waals surface area contributed by atoms with E-state index < -0.39 is 0 Å². The number of hydrogen-bond acceptors (Lipinski definition) is 4. The summed E-state index contributed by atoms with van der Waals surface area (Å²) in [5, 5.41) is 16.8. The van der Waals surface area contributed by atoms with Gasteiger partial charge in [-0.25, -0.2) is 0 Å². The van der Waals surface area contributed by atoms with Gasteiger partial charge in [-0.1, -0.05) is 19.1 Å². The van der Waals surface area contributed by atoms with Crippen LogP contribution >= 0.6 is 0 Å². The molecule has 2 heterocycles. The standard InChI is InChI=1S/C17H31N3O2/c1-2-16(21)15-8-5-7-14-13-17(22)19-11-4-3-9-18-10-6-12-20(14)15/h5,8,14-16,18,21H,2-4,6-7,9-13H2,1H3,(H,19,22). The molecule has 0 aromatic rings. The number of amides is 1. The Labute approximate surface area is 134 Å². The highest BCUT2D eigenvalue weighted by atomic mass is 16.3. The highest BCUT2D eigenvalue weighted by Crippen LogP contribution is 2.23. The van der Waals surface area contributed by atoms with Crippen molar-refractivity contribution >= 4 is 5.91 Å². The van der Waals surface area contributed by atoms with Crippen molar-refractivity contribution < 1.29 is 9.90 Å². The summed E-state index contributed by atoms with van der Waals surface area (Å²) in [6.45, 7) is 5.72. The van der Waals surface area contributed by atoms with Gasteiger partial charge in [-0.2, -0.15) is 0 Å². The van der Waals surface area contributed by atoms with E-state index in [2.05, 4.69) is 27.7 Å². The Morgan fingerprint density at radius 1 is 1.32 bits per heavy atom. The topological polar surface area (TPSA) is 64.6 Å². The van der Waals surface area contributed by atoms with Crippen LogP contribution in [0.2, 0.25) is 0 Å². The lowest BCUT2D eigenvalue weighted by Crippen LogP contribution is -2.51. The molecule has 0 aliphatic carbocycles. The van der Waals surface area contributed by atoms with E-state index in [0.717, 1.165) is 58.3 Å². The first kappa shape index (κ1) is 17.4. The SMILES string of the molecule is CCC(O)C1C=CCC2CC(=O)NCCCCNCCCN21. The van der Waals surface area contributed by atoms with Crippen LogP contribution in [0.25, 0.3) is 0 Å². The predicted octanol–water partition coefficient (Wildman–Crippen LogP) is 1.04. The molecular formula is C17H31N3O2. The summed E-state index contributed by atoms with van der Waals surface area (Å²) in [6, 6.07) is 0.249. The van der Waals surface area contributed by atoms with Crippen molar-refractivity contribution in [3.8, 4) is 0 Å². The van der Waals surface area contributed by atoms with Crippen molar-refractivity contribution in [3.05, 3.63) is 12.2 Å². The van der Waals surface area contributed by atoms with Crippen LogP contribution in [-0.4, -0.2) is 60.3 Å². The number of nitrogens with zero attached hydrogens (tertiary/aromatic N) is 1. The molecule has 2 rings (SSSR count). The number of fused-ring (bicyclic) bond motifs is 1. The van der Waals surface area contributed by atoms with Crippen LogP contribution in [0.15, 0.2) is 12.2 Å². The van der Waals surface area contributed by atoms with Gasteiger partial charge in [0, 0.05) is 25.6 Å². The number of hydrogen-bond donors (Lipinski definition) is 3. The number of carbonyl (C=O) groups excluding carboxylic acids is 1. The fourth-order valence-electron chi connectivity index (χ4n) is 3.39. The molecule has 22 heavy (non-hydrogen) atoms. The highest BCUT2D eigenvalue weighted by molar-refractivity contribution is 5.76.